The normalized spacial score (nSPS) is 10.0. The molecule has 5 heteroatoms. The number of rotatable bonds is 5. The molecule has 0 unspecified atom stereocenters. The number of nitrogens with one attached hydrogen (secondary N) is 2. The molecule has 0 aliphatic carbocycles. The number of amides is 1. The lowest BCUT2D eigenvalue weighted by Gasteiger charge is -2.10. The third-order valence-electron chi connectivity index (χ3n) is 1.94. The highest BCUT2D eigenvalue weighted by Gasteiger charge is 2.07. The lowest BCUT2D eigenvalue weighted by atomic mass is 10.1. The molecule has 0 aliphatic rings. The van der Waals surface area contributed by atoms with E-state index in [0.29, 0.717) is 22.8 Å². The summed E-state index contributed by atoms with van der Waals surface area (Å²) in [4.78, 5) is 11.1. The predicted molar refractivity (Wildman–Crippen MR) is 62.4 cm³/mol. The van der Waals surface area contributed by atoms with Gasteiger partial charge in [0.1, 0.15) is 0 Å². The van der Waals surface area contributed by atoms with Crippen molar-refractivity contribution in [1.29, 1.82) is 0 Å². The Labute approximate surface area is 93.8 Å². The highest BCUT2D eigenvalue weighted by atomic mass is 35.5. The maximum Gasteiger partial charge on any atom is 0.250 e. The highest BCUT2D eigenvalue weighted by Crippen LogP contribution is 2.20. The van der Waals surface area contributed by atoms with Crippen LogP contribution in [-0.4, -0.2) is 26.0 Å². The van der Waals surface area contributed by atoms with Crippen molar-refractivity contribution in [2.45, 2.75) is 0 Å². The molecule has 0 bridgehead atoms. The number of primary amides is 1. The first kappa shape index (κ1) is 11.8. The van der Waals surface area contributed by atoms with Crippen molar-refractivity contribution >= 4 is 23.2 Å². The topological polar surface area (TPSA) is 67.2 Å². The van der Waals surface area contributed by atoms with Gasteiger partial charge < -0.3 is 16.4 Å². The SMILES string of the molecule is CNCCNc1cc(Cl)ccc1C(N)=O. The first-order valence-corrected chi connectivity index (χ1v) is 5.00. The molecule has 4 nitrogen and oxygen atoms in total. The van der Waals surface area contributed by atoms with Crippen LogP contribution >= 0.6 is 11.6 Å². The van der Waals surface area contributed by atoms with Crippen LogP contribution in [0.1, 0.15) is 10.4 Å². The van der Waals surface area contributed by atoms with E-state index in [1.165, 1.54) is 0 Å². The number of benzene rings is 1. The Morgan fingerprint density at radius 1 is 1.47 bits per heavy atom. The number of likely N-dealkylation sites (N-methyl/N-ethyl adjacent to an activating group) is 1. The Hall–Kier alpha value is -1.26. The van der Waals surface area contributed by atoms with Gasteiger partial charge in [0.05, 0.1) is 5.56 Å². The number of nitrogens with two attached hydrogens (primary N) is 1. The average Bonchev–Trinajstić information content (AvgIpc) is 2.18. The fourth-order valence-electron chi connectivity index (χ4n) is 1.20. The molecule has 0 aliphatic heterocycles. The van der Waals surface area contributed by atoms with E-state index >= 15 is 0 Å². The number of halogens is 1. The lowest BCUT2D eigenvalue weighted by Crippen LogP contribution is -2.20. The summed E-state index contributed by atoms with van der Waals surface area (Å²) in [5.74, 6) is -0.460. The van der Waals surface area contributed by atoms with Gasteiger partial charge in [0, 0.05) is 23.8 Å². The van der Waals surface area contributed by atoms with Crippen LogP contribution in [0.25, 0.3) is 0 Å². The second-order valence-corrected chi connectivity index (χ2v) is 3.52. The molecule has 0 atom stereocenters. The number of hydrogen-bond acceptors (Lipinski definition) is 3. The van der Waals surface area contributed by atoms with E-state index in [2.05, 4.69) is 10.6 Å². The van der Waals surface area contributed by atoms with Crippen LogP contribution in [0.2, 0.25) is 5.02 Å². The average molecular weight is 228 g/mol. The molecule has 1 aromatic rings. The minimum Gasteiger partial charge on any atom is -0.383 e. The second kappa shape index (κ2) is 5.58. The number of carbonyl (C=O) groups is 1. The van der Waals surface area contributed by atoms with Crippen LogP contribution in [0, 0.1) is 0 Å². The molecule has 0 saturated carbocycles. The summed E-state index contributed by atoms with van der Waals surface area (Å²) in [6.07, 6.45) is 0. The van der Waals surface area contributed by atoms with Crippen LogP contribution in [0.15, 0.2) is 18.2 Å². The minimum absolute atomic E-state index is 0.454. The van der Waals surface area contributed by atoms with E-state index in [9.17, 15) is 4.79 Å². The molecule has 0 spiro atoms. The monoisotopic (exact) mass is 227 g/mol. The fraction of sp³-hybridized carbons (Fsp3) is 0.300. The summed E-state index contributed by atoms with van der Waals surface area (Å²) in [5, 5.41) is 6.65. The van der Waals surface area contributed by atoms with Crippen LogP contribution in [0.4, 0.5) is 5.69 Å². The maximum atomic E-state index is 11.1. The molecule has 15 heavy (non-hydrogen) atoms. The zero-order chi connectivity index (χ0) is 11.3. The van der Waals surface area contributed by atoms with Gasteiger partial charge >= 0.3 is 0 Å². The molecule has 82 valence electrons. The van der Waals surface area contributed by atoms with Gasteiger partial charge in [-0.05, 0) is 25.2 Å². The summed E-state index contributed by atoms with van der Waals surface area (Å²) in [5.41, 5.74) is 6.36. The van der Waals surface area contributed by atoms with Gasteiger partial charge in [-0.25, -0.2) is 0 Å². The Morgan fingerprint density at radius 3 is 2.80 bits per heavy atom. The molecule has 0 radical (unpaired) electrons. The van der Waals surface area contributed by atoms with Crippen molar-refractivity contribution in [3.8, 4) is 0 Å². The number of hydrogen-bond donors (Lipinski definition) is 3. The summed E-state index contributed by atoms with van der Waals surface area (Å²) < 4.78 is 0. The van der Waals surface area contributed by atoms with Gasteiger partial charge in [-0.15, -0.1) is 0 Å². The zero-order valence-electron chi connectivity index (χ0n) is 8.51. The Balaban J connectivity index is 2.82. The largest absolute Gasteiger partial charge is 0.383 e. The fourth-order valence-corrected chi connectivity index (χ4v) is 1.37. The zero-order valence-corrected chi connectivity index (χ0v) is 9.27. The molecule has 4 N–H and O–H groups in total. The number of carbonyl (C=O) groups excluding carboxylic acids is 1. The van der Waals surface area contributed by atoms with Crippen molar-refractivity contribution in [3.63, 3.8) is 0 Å². The minimum atomic E-state index is -0.460. The second-order valence-electron chi connectivity index (χ2n) is 3.08. The van der Waals surface area contributed by atoms with Crippen molar-refractivity contribution in [2.24, 2.45) is 5.73 Å². The Bertz CT molecular complexity index is 355. The summed E-state index contributed by atoms with van der Waals surface area (Å²) in [7, 11) is 1.86. The lowest BCUT2D eigenvalue weighted by molar-refractivity contribution is 0.100. The van der Waals surface area contributed by atoms with Crippen LogP contribution in [-0.2, 0) is 0 Å². The van der Waals surface area contributed by atoms with E-state index in [0.717, 1.165) is 6.54 Å². The van der Waals surface area contributed by atoms with Crippen LogP contribution in [0.5, 0.6) is 0 Å². The van der Waals surface area contributed by atoms with E-state index in [-0.39, 0.29) is 0 Å². The third kappa shape index (κ3) is 3.42. The van der Waals surface area contributed by atoms with Gasteiger partial charge in [0.25, 0.3) is 5.91 Å². The molecule has 1 amide bonds. The molecular weight excluding hydrogens is 214 g/mol. The van der Waals surface area contributed by atoms with Gasteiger partial charge in [0.15, 0.2) is 0 Å². The molecular formula is C10H14ClN3O. The van der Waals surface area contributed by atoms with Crippen molar-refractivity contribution in [1.82, 2.24) is 5.32 Å². The Morgan fingerprint density at radius 2 is 2.20 bits per heavy atom. The molecule has 1 aromatic carbocycles. The summed E-state index contributed by atoms with van der Waals surface area (Å²) in [6, 6.07) is 4.95. The molecule has 0 heterocycles. The van der Waals surface area contributed by atoms with Crippen LogP contribution < -0.4 is 16.4 Å². The van der Waals surface area contributed by atoms with Crippen LogP contribution in [0.3, 0.4) is 0 Å². The Kier molecular flexibility index (Phi) is 4.39. The van der Waals surface area contributed by atoms with Crippen molar-refractivity contribution < 1.29 is 4.79 Å². The van der Waals surface area contributed by atoms with E-state index in [1.54, 1.807) is 18.2 Å². The standard InChI is InChI=1S/C10H14ClN3O/c1-13-4-5-14-9-6-7(11)2-3-8(9)10(12)15/h2-3,6,13-14H,4-5H2,1H3,(H2,12,15). The molecule has 0 saturated heterocycles. The van der Waals surface area contributed by atoms with E-state index < -0.39 is 5.91 Å². The molecule has 0 fully saturated rings. The van der Waals surface area contributed by atoms with Gasteiger partial charge in [-0.1, -0.05) is 11.6 Å². The summed E-state index contributed by atoms with van der Waals surface area (Å²) >= 11 is 5.83. The van der Waals surface area contributed by atoms with Gasteiger partial charge in [-0.3, -0.25) is 4.79 Å². The molecule has 0 aromatic heterocycles. The highest BCUT2D eigenvalue weighted by molar-refractivity contribution is 6.31. The summed E-state index contributed by atoms with van der Waals surface area (Å²) in [6.45, 7) is 1.50. The quantitative estimate of drug-likeness (QED) is 0.660. The third-order valence-corrected chi connectivity index (χ3v) is 2.17. The van der Waals surface area contributed by atoms with Crippen molar-refractivity contribution in [3.05, 3.63) is 28.8 Å². The molecule has 1 rings (SSSR count). The van der Waals surface area contributed by atoms with E-state index in [4.69, 9.17) is 17.3 Å². The van der Waals surface area contributed by atoms with E-state index in [1.807, 2.05) is 7.05 Å². The predicted octanol–water partition coefficient (Wildman–Crippen LogP) is 1.07. The first-order valence-electron chi connectivity index (χ1n) is 4.63. The number of anilines is 1. The smallest absolute Gasteiger partial charge is 0.250 e. The van der Waals surface area contributed by atoms with Gasteiger partial charge in [0.2, 0.25) is 0 Å². The first-order chi connectivity index (χ1) is 7.15. The van der Waals surface area contributed by atoms with Gasteiger partial charge in [-0.2, -0.15) is 0 Å². The maximum absolute atomic E-state index is 11.1. The van der Waals surface area contributed by atoms with Crippen molar-refractivity contribution in [2.75, 3.05) is 25.5 Å².